The summed E-state index contributed by atoms with van der Waals surface area (Å²) in [4.78, 5) is 12.2. The van der Waals surface area contributed by atoms with Crippen molar-refractivity contribution in [3.8, 4) is 0 Å². The second-order valence-electron chi connectivity index (χ2n) is 6.35. The summed E-state index contributed by atoms with van der Waals surface area (Å²) in [5.41, 5.74) is 2.06. The molecule has 0 saturated carbocycles. The van der Waals surface area contributed by atoms with Crippen LogP contribution >= 0.6 is 0 Å². The second-order valence-corrected chi connectivity index (χ2v) is 6.35. The lowest BCUT2D eigenvalue weighted by molar-refractivity contribution is -0.121. The van der Waals surface area contributed by atoms with E-state index >= 15 is 0 Å². The third kappa shape index (κ3) is 5.17. The van der Waals surface area contributed by atoms with E-state index in [1.54, 1.807) is 12.1 Å². The van der Waals surface area contributed by atoms with Gasteiger partial charge in [-0.3, -0.25) is 4.79 Å². The number of nitrogens with one attached hydrogen (secondary N) is 2. The van der Waals surface area contributed by atoms with Crippen LogP contribution in [0.4, 0.5) is 4.39 Å². The fourth-order valence-electron chi connectivity index (χ4n) is 2.73. The normalized spacial score (nSPS) is 13.5. The molecule has 0 aliphatic rings. The van der Waals surface area contributed by atoms with Crippen LogP contribution in [0.5, 0.6) is 0 Å². The molecular weight excluding hydrogens is 303 g/mol. The van der Waals surface area contributed by atoms with Crippen molar-refractivity contribution in [2.24, 2.45) is 5.92 Å². The van der Waals surface area contributed by atoms with Gasteiger partial charge in [-0.15, -0.1) is 0 Å². The van der Waals surface area contributed by atoms with E-state index in [1.807, 2.05) is 37.3 Å². The maximum absolute atomic E-state index is 13.1. The first-order chi connectivity index (χ1) is 11.5. The molecule has 2 aromatic rings. The highest BCUT2D eigenvalue weighted by Crippen LogP contribution is 2.21. The summed E-state index contributed by atoms with van der Waals surface area (Å²) in [7, 11) is 0. The summed E-state index contributed by atoms with van der Waals surface area (Å²) in [6.07, 6.45) is 0. The van der Waals surface area contributed by atoms with Crippen LogP contribution in [0.3, 0.4) is 0 Å². The molecule has 0 saturated heterocycles. The molecule has 3 nitrogen and oxygen atoms in total. The maximum atomic E-state index is 13.1. The Morgan fingerprint density at radius 2 is 1.58 bits per heavy atom. The Hall–Kier alpha value is -2.20. The number of rotatable bonds is 7. The monoisotopic (exact) mass is 328 g/mol. The number of carbonyl (C=O) groups is 1. The lowest BCUT2D eigenvalue weighted by Crippen LogP contribution is -2.38. The Balaban J connectivity index is 1.92. The average molecular weight is 328 g/mol. The Bertz CT molecular complexity index is 640. The molecule has 24 heavy (non-hydrogen) atoms. The number of hydrogen-bond donors (Lipinski definition) is 2. The number of benzene rings is 2. The van der Waals surface area contributed by atoms with Crippen LogP contribution < -0.4 is 10.6 Å². The highest BCUT2D eigenvalue weighted by atomic mass is 19.1. The minimum atomic E-state index is -0.254. The average Bonchev–Trinajstić information content (AvgIpc) is 2.57. The fraction of sp³-hybridized carbons (Fsp3) is 0.350. The van der Waals surface area contributed by atoms with Crippen LogP contribution in [0, 0.1) is 11.7 Å². The van der Waals surface area contributed by atoms with Crippen molar-refractivity contribution >= 4 is 5.91 Å². The van der Waals surface area contributed by atoms with E-state index < -0.39 is 0 Å². The summed E-state index contributed by atoms with van der Waals surface area (Å²) in [6.45, 7) is 6.33. The van der Waals surface area contributed by atoms with E-state index in [1.165, 1.54) is 12.1 Å². The molecule has 1 amide bonds. The first kappa shape index (κ1) is 18.1. The van der Waals surface area contributed by atoms with Gasteiger partial charge in [-0.25, -0.2) is 4.39 Å². The van der Waals surface area contributed by atoms with Gasteiger partial charge >= 0.3 is 0 Å². The molecule has 0 aliphatic carbocycles. The van der Waals surface area contributed by atoms with E-state index in [4.69, 9.17) is 0 Å². The zero-order chi connectivity index (χ0) is 17.5. The van der Waals surface area contributed by atoms with Gasteiger partial charge in [-0.1, -0.05) is 56.3 Å². The minimum absolute atomic E-state index is 0.00313. The van der Waals surface area contributed by atoms with Crippen LogP contribution in [0.25, 0.3) is 0 Å². The zero-order valence-corrected chi connectivity index (χ0v) is 14.4. The van der Waals surface area contributed by atoms with Crippen molar-refractivity contribution in [2.45, 2.75) is 32.9 Å². The molecule has 0 radical (unpaired) electrons. The molecule has 2 atom stereocenters. The van der Waals surface area contributed by atoms with Gasteiger partial charge in [-0.2, -0.15) is 0 Å². The lowest BCUT2D eigenvalue weighted by Gasteiger charge is -2.23. The molecule has 4 heteroatoms. The number of hydrogen-bond acceptors (Lipinski definition) is 2. The first-order valence-electron chi connectivity index (χ1n) is 8.30. The number of halogens is 1. The molecule has 2 rings (SSSR count). The third-order valence-corrected chi connectivity index (χ3v) is 4.06. The molecule has 2 N–H and O–H groups in total. The van der Waals surface area contributed by atoms with Gasteiger partial charge in [0.15, 0.2) is 0 Å². The van der Waals surface area contributed by atoms with Gasteiger partial charge in [0.1, 0.15) is 5.82 Å². The van der Waals surface area contributed by atoms with Crippen molar-refractivity contribution in [3.05, 3.63) is 71.5 Å². The Morgan fingerprint density at radius 1 is 0.958 bits per heavy atom. The SMILES string of the molecule is CC(C)[C@H](NCC(=O)N[C@H](C)c1ccccc1)c1ccc(F)cc1. The van der Waals surface area contributed by atoms with Gasteiger partial charge in [0.2, 0.25) is 5.91 Å². The molecule has 128 valence electrons. The Kier molecular flexibility index (Phi) is 6.50. The van der Waals surface area contributed by atoms with E-state index in [0.29, 0.717) is 0 Å². The van der Waals surface area contributed by atoms with Crippen LogP contribution in [0.1, 0.15) is 44.0 Å². The van der Waals surface area contributed by atoms with Crippen molar-refractivity contribution in [1.82, 2.24) is 10.6 Å². The predicted molar refractivity (Wildman–Crippen MR) is 95.0 cm³/mol. The van der Waals surface area contributed by atoms with Gasteiger partial charge in [0, 0.05) is 6.04 Å². The van der Waals surface area contributed by atoms with Crippen LogP contribution in [0.2, 0.25) is 0 Å². The van der Waals surface area contributed by atoms with E-state index in [9.17, 15) is 9.18 Å². The van der Waals surface area contributed by atoms with Gasteiger partial charge in [-0.05, 0) is 36.1 Å². The largest absolute Gasteiger partial charge is 0.348 e. The Morgan fingerprint density at radius 3 is 2.17 bits per heavy atom. The summed E-state index contributed by atoms with van der Waals surface area (Å²) >= 11 is 0. The zero-order valence-electron chi connectivity index (χ0n) is 14.4. The quantitative estimate of drug-likeness (QED) is 0.807. The highest BCUT2D eigenvalue weighted by Gasteiger charge is 2.17. The van der Waals surface area contributed by atoms with E-state index in [2.05, 4.69) is 24.5 Å². The van der Waals surface area contributed by atoms with Gasteiger partial charge < -0.3 is 10.6 Å². The van der Waals surface area contributed by atoms with Crippen molar-refractivity contribution in [1.29, 1.82) is 0 Å². The summed E-state index contributed by atoms with van der Waals surface area (Å²) < 4.78 is 13.1. The van der Waals surface area contributed by atoms with E-state index in [-0.39, 0.29) is 36.3 Å². The van der Waals surface area contributed by atoms with E-state index in [0.717, 1.165) is 11.1 Å². The lowest BCUT2D eigenvalue weighted by atomic mass is 9.96. The summed E-state index contributed by atoms with van der Waals surface area (Å²) in [5.74, 6) is -0.0235. The van der Waals surface area contributed by atoms with Crippen molar-refractivity contribution in [3.63, 3.8) is 0 Å². The standard InChI is InChI=1S/C20H25FN2O/c1-14(2)20(17-9-11-18(21)12-10-17)22-13-19(24)23-15(3)16-7-5-4-6-8-16/h4-12,14-15,20,22H,13H2,1-3H3,(H,23,24)/t15-,20+/m1/s1. The molecule has 0 aliphatic heterocycles. The molecule has 0 bridgehead atoms. The Labute approximate surface area is 143 Å². The molecule has 0 spiro atoms. The smallest absolute Gasteiger partial charge is 0.234 e. The van der Waals surface area contributed by atoms with Crippen LogP contribution in [-0.2, 0) is 4.79 Å². The van der Waals surface area contributed by atoms with Crippen LogP contribution in [0.15, 0.2) is 54.6 Å². The molecule has 0 unspecified atom stereocenters. The summed E-state index contributed by atoms with van der Waals surface area (Å²) in [5, 5.41) is 6.27. The number of carbonyl (C=O) groups excluding carboxylic acids is 1. The second kappa shape index (κ2) is 8.60. The molecule has 0 heterocycles. The van der Waals surface area contributed by atoms with Gasteiger partial charge in [0.05, 0.1) is 12.6 Å². The van der Waals surface area contributed by atoms with Gasteiger partial charge in [0.25, 0.3) is 0 Å². The minimum Gasteiger partial charge on any atom is -0.348 e. The predicted octanol–water partition coefficient (Wildman–Crippen LogP) is 3.99. The van der Waals surface area contributed by atoms with Crippen molar-refractivity contribution in [2.75, 3.05) is 6.54 Å². The number of amides is 1. The molecular formula is C20H25FN2O. The molecule has 2 aromatic carbocycles. The molecule has 0 fully saturated rings. The fourth-order valence-corrected chi connectivity index (χ4v) is 2.73. The molecule has 0 aromatic heterocycles. The first-order valence-corrected chi connectivity index (χ1v) is 8.30. The summed E-state index contributed by atoms with van der Waals surface area (Å²) in [6, 6.07) is 16.2. The highest BCUT2D eigenvalue weighted by molar-refractivity contribution is 5.78. The maximum Gasteiger partial charge on any atom is 0.234 e. The third-order valence-electron chi connectivity index (χ3n) is 4.06. The van der Waals surface area contributed by atoms with Crippen molar-refractivity contribution < 1.29 is 9.18 Å². The topological polar surface area (TPSA) is 41.1 Å². The van der Waals surface area contributed by atoms with Crippen LogP contribution in [-0.4, -0.2) is 12.5 Å².